The molecule has 0 spiro atoms. The molecule has 1 aromatic rings. The van der Waals surface area contributed by atoms with E-state index < -0.39 is 0 Å². The molecule has 5 nitrogen and oxygen atoms in total. The molecule has 1 saturated heterocycles. The molecule has 5 heteroatoms. The highest BCUT2D eigenvalue weighted by molar-refractivity contribution is 5.96. The molecule has 1 amide bonds. The Morgan fingerprint density at radius 3 is 2.10 bits per heavy atom. The van der Waals surface area contributed by atoms with Crippen LogP contribution < -0.4 is 0 Å². The molecule has 1 aromatic heterocycles. The fourth-order valence-electron chi connectivity index (χ4n) is 4.43. The third-order valence-electron chi connectivity index (χ3n) is 6.52. The van der Waals surface area contributed by atoms with E-state index in [1.54, 1.807) is 6.20 Å². The number of Topliss-reactive ketones (excluding diaryl/α,β-unsaturated/α-hetero) is 1. The second kappa shape index (κ2) is 13.7. The Morgan fingerprint density at radius 2 is 1.52 bits per heavy atom. The number of nitrogens with zero attached hydrogens (tertiary/aromatic N) is 3. The van der Waals surface area contributed by atoms with Gasteiger partial charge in [-0.2, -0.15) is 5.10 Å². The van der Waals surface area contributed by atoms with Gasteiger partial charge in [-0.05, 0) is 25.2 Å². The maximum Gasteiger partial charge on any atom is 0.222 e. The van der Waals surface area contributed by atoms with Gasteiger partial charge in [-0.1, -0.05) is 79.1 Å². The zero-order valence-electron chi connectivity index (χ0n) is 20.4. The molecular formula is C26H45N3O2. The third kappa shape index (κ3) is 9.16. The van der Waals surface area contributed by atoms with Crippen LogP contribution in [0.15, 0.2) is 12.4 Å². The van der Waals surface area contributed by atoms with Gasteiger partial charge in [-0.15, -0.1) is 0 Å². The fraction of sp³-hybridized carbons (Fsp3) is 0.808. The number of unbranched alkanes of at least 4 members (excludes halogenated alkanes) is 7. The van der Waals surface area contributed by atoms with E-state index >= 15 is 0 Å². The molecule has 0 saturated carbocycles. The number of carbonyl (C=O) groups excluding carboxylic acids is 2. The minimum absolute atomic E-state index is 0.00756. The van der Waals surface area contributed by atoms with E-state index in [2.05, 4.69) is 18.9 Å². The van der Waals surface area contributed by atoms with Gasteiger partial charge in [0.25, 0.3) is 0 Å². The molecule has 0 unspecified atom stereocenters. The molecule has 2 rings (SSSR count). The molecule has 0 aromatic carbocycles. The maximum absolute atomic E-state index is 12.5. The fourth-order valence-corrected chi connectivity index (χ4v) is 4.43. The van der Waals surface area contributed by atoms with E-state index in [0.717, 1.165) is 38.3 Å². The smallest absolute Gasteiger partial charge is 0.222 e. The lowest BCUT2D eigenvalue weighted by Crippen LogP contribution is -2.39. The summed E-state index contributed by atoms with van der Waals surface area (Å²) in [5.74, 6) is 1.28. The first-order valence-electron chi connectivity index (χ1n) is 12.7. The summed E-state index contributed by atoms with van der Waals surface area (Å²) in [6.07, 6.45) is 17.7. The molecule has 1 fully saturated rings. The van der Waals surface area contributed by atoms with Gasteiger partial charge in [0.2, 0.25) is 5.91 Å². The Kier molecular flexibility index (Phi) is 11.3. The van der Waals surface area contributed by atoms with Crippen LogP contribution in [0, 0.1) is 11.8 Å². The minimum Gasteiger partial charge on any atom is -0.343 e. The molecular weight excluding hydrogens is 386 g/mol. The van der Waals surface area contributed by atoms with Gasteiger partial charge in [0, 0.05) is 31.6 Å². The first-order chi connectivity index (χ1) is 14.9. The van der Waals surface area contributed by atoms with Crippen LogP contribution in [-0.4, -0.2) is 39.5 Å². The number of hydrogen-bond acceptors (Lipinski definition) is 3. The number of piperidine rings is 1. The van der Waals surface area contributed by atoms with Crippen molar-refractivity contribution in [2.45, 2.75) is 111 Å². The summed E-state index contributed by atoms with van der Waals surface area (Å²) in [5, 5.41) is 4.41. The summed E-state index contributed by atoms with van der Waals surface area (Å²) in [5.41, 5.74) is 0.698. The predicted octanol–water partition coefficient (Wildman–Crippen LogP) is 6.44. The topological polar surface area (TPSA) is 55.2 Å². The van der Waals surface area contributed by atoms with E-state index in [9.17, 15) is 9.59 Å². The standard InChI is InChI=1S/C26H45N3O2/c1-21(2)13-11-9-7-5-6-8-10-12-14-25(30)28-17-15-24(16-18-28)29-20-23(19-27-29)26(31)22(3)4/h19-22,24H,5-18H2,1-4H3. The second-order valence-electron chi connectivity index (χ2n) is 10.1. The Labute approximate surface area is 190 Å². The molecule has 2 heterocycles. The first kappa shape index (κ1) is 25.6. The van der Waals surface area contributed by atoms with Gasteiger partial charge in [0.05, 0.1) is 17.8 Å². The Morgan fingerprint density at radius 1 is 0.935 bits per heavy atom. The molecule has 1 aliphatic heterocycles. The van der Waals surface area contributed by atoms with Crippen molar-refractivity contribution in [3.05, 3.63) is 18.0 Å². The van der Waals surface area contributed by atoms with Gasteiger partial charge in [-0.25, -0.2) is 0 Å². The van der Waals surface area contributed by atoms with Crippen molar-refractivity contribution in [2.24, 2.45) is 11.8 Å². The van der Waals surface area contributed by atoms with Gasteiger partial charge >= 0.3 is 0 Å². The van der Waals surface area contributed by atoms with Crippen molar-refractivity contribution >= 4 is 11.7 Å². The van der Waals surface area contributed by atoms with Crippen molar-refractivity contribution < 1.29 is 9.59 Å². The Balaban J connectivity index is 1.55. The number of hydrogen-bond donors (Lipinski definition) is 0. The highest BCUT2D eigenvalue weighted by Crippen LogP contribution is 2.23. The Bertz CT molecular complexity index is 657. The lowest BCUT2D eigenvalue weighted by Gasteiger charge is -2.32. The van der Waals surface area contributed by atoms with Crippen LogP contribution in [0.3, 0.4) is 0 Å². The minimum atomic E-state index is -0.00756. The molecule has 0 atom stereocenters. The predicted molar refractivity (Wildman–Crippen MR) is 127 cm³/mol. The molecule has 1 aliphatic rings. The number of likely N-dealkylation sites (tertiary alicyclic amines) is 1. The highest BCUT2D eigenvalue weighted by atomic mass is 16.2. The molecule has 0 bridgehead atoms. The van der Waals surface area contributed by atoms with Crippen molar-refractivity contribution in [1.82, 2.24) is 14.7 Å². The van der Waals surface area contributed by atoms with Gasteiger partial charge < -0.3 is 4.90 Å². The van der Waals surface area contributed by atoms with Gasteiger partial charge in [0.1, 0.15) is 0 Å². The number of ketones is 1. The summed E-state index contributed by atoms with van der Waals surface area (Å²) >= 11 is 0. The first-order valence-corrected chi connectivity index (χ1v) is 12.7. The van der Waals surface area contributed by atoms with E-state index in [4.69, 9.17) is 0 Å². The normalized spacial score (nSPS) is 15.2. The molecule has 0 aliphatic carbocycles. The lowest BCUT2D eigenvalue weighted by atomic mass is 10.0. The van der Waals surface area contributed by atoms with Gasteiger partial charge in [-0.3, -0.25) is 14.3 Å². The molecule has 0 N–H and O–H groups in total. The quantitative estimate of drug-likeness (QED) is 0.251. The number of rotatable bonds is 14. The van der Waals surface area contributed by atoms with Crippen LogP contribution in [0.4, 0.5) is 0 Å². The summed E-state index contributed by atoms with van der Waals surface area (Å²) in [6, 6.07) is 0.290. The van der Waals surface area contributed by atoms with E-state index in [1.165, 1.54) is 51.4 Å². The summed E-state index contributed by atoms with van der Waals surface area (Å²) < 4.78 is 1.93. The largest absolute Gasteiger partial charge is 0.343 e. The number of aromatic nitrogens is 2. The molecule has 0 radical (unpaired) electrons. The average molecular weight is 432 g/mol. The van der Waals surface area contributed by atoms with Gasteiger partial charge in [0.15, 0.2) is 5.78 Å². The van der Waals surface area contributed by atoms with Crippen LogP contribution in [0.5, 0.6) is 0 Å². The lowest BCUT2D eigenvalue weighted by molar-refractivity contribution is -0.132. The van der Waals surface area contributed by atoms with Crippen molar-refractivity contribution in [3.63, 3.8) is 0 Å². The zero-order valence-corrected chi connectivity index (χ0v) is 20.4. The molecule has 31 heavy (non-hydrogen) atoms. The average Bonchev–Trinajstić information content (AvgIpc) is 3.24. The van der Waals surface area contributed by atoms with E-state index in [0.29, 0.717) is 23.9 Å². The van der Waals surface area contributed by atoms with Crippen LogP contribution in [0.2, 0.25) is 0 Å². The van der Waals surface area contributed by atoms with E-state index in [1.807, 2.05) is 29.6 Å². The van der Waals surface area contributed by atoms with Crippen molar-refractivity contribution in [3.8, 4) is 0 Å². The monoisotopic (exact) mass is 431 g/mol. The molecule has 176 valence electrons. The maximum atomic E-state index is 12.5. The Hall–Kier alpha value is -1.65. The summed E-state index contributed by atoms with van der Waals surface area (Å²) in [7, 11) is 0. The van der Waals surface area contributed by atoms with Crippen LogP contribution in [0.1, 0.15) is 121 Å². The van der Waals surface area contributed by atoms with Crippen molar-refractivity contribution in [1.29, 1.82) is 0 Å². The zero-order chi connectivity index (χ0) is 22.6. The van der Waals surface area contributed by atoms with Crippen LogP contribution in [0.25, 0.3) is 0 Å². The highest BCUT2D eigenvalue weighted by Gasteiger charge is 2.24. The second-order valence-corrected chi connectivity index (χ2v) is 10.1. The summed E-state index contributed by atoms with van der Waals surface area (Å²) in [6.45, 7) is 10.0. The van der Waals surface area contributed by atoms with E-state index in [-0.39, 0.29) is 11.7 Å². The van der Waals surface area contributed by atoms with Crippen molar-refractivity contribution in [2.75, 3.05) is 13.1 Å². The summed E-state index contributed by atoms with van der Waals surface area (Å²) in [4.78, 5) is 26.7. The number of carbonyl (C=O) groups is 2. The SMILES string of the molecule is CC(C)CCCCCCCCCCC(=O)N1CCC(n2cc(C(=O)C(C)C)cn2)CC1. The van der Waals surface area contributed by atoms with Crippen LogP contribution >= 0.6 is 0 Å². The van der Waals surface area contributed by atoms with Crippen LogP contribution in [-0.2, 0) is 4.79 Å². The number of amides is 1. The third-order valence-corrected chi connectivity index (χ3v) is 6.52.